The van der Waals surface area contributed by atoms with Crippen molar-refractivity contribution >= 4 is 28.9 Å². The number of benzene rings is 1. The third-order valence-electron chi connectivity index (χ3n) is 1.55. The Kier molecular flexibility index (Phi) is 2.28. The van der Waals surface area contributed by atoms with Gasteiger partial charge in [0.1, 0.15) is 0 Å². The highest BCUT2D eigenvalue weighted by Crippen LogP contribution is 2.18. The molecule has 0 aliphatic carbocycles. The molecule has 3 nitrogen and oxygen atoms in total. The topological polar surface area (TPSA) is 43.4 Å². The van der Waals surface area contributed by atoms with Crippen LogP contribution in [0.1, 0.15) is 20.7 Å². The van der Waals surface area contributed by atoms with E-state index in [0.717, 1.165) is 0 Å². The molecule has 0 saturated heterocycles. The van der Waals surface area contributed by atoms with Crippen molar-refractivity contribution in [2.75, 3.05) is 0 Å². The molecule has 0 saturated carbocycles. The van der Waals surface area contributed by atoms with Gasteiger partial charge >= 0.3 is 11.9 Å². The molecule has 62 valence electrons. The highest BCUT2D eigenvalue weighted by Gasteiger charge is 2.28. The molecular weight excluding hydrogens is 224 g/mol. The van der Waals surface area contributed by atoms with Crippen LogP contribution in [0.25, 0.3) is 0 Å². The van der Waals surface area contributed by atoms with Crippen LogP contribution in [0.3, 0.4) is 0 Å². The average Bonchev–Trinajstić information content (AvgIpc) is 2.30. The van der Waals surface area contributed by atoms with E-state index >= 15 is 0 Å². The van der Waals surface area contributed by atoms with E-state index in [1.165, 1.54) is 0 Å². The van der Waals surface area contributed by atoms with Crippen molar-refractivity contribution < 1.29 is 14.3 Å². The van der Waals surface area contributed by atoms with Gasteiger partial charge in [-0.05, 0) is 12.1 Å². The van der Waals surface area contributed by atoms with E-state index in [-0.39, 0.29) is 17.0 Å². The van der Waals surface area contributed by atoms with Crippen LogP contribution in [0.2, 0.25) is 0 Å². The Hall–Kier alpha value is -1.16. The van der Waals surface area contributed by atoms with Crippen LogP contribution in [-0.4, -0.2) is 11.9 Å². The van der Waals surface area contributed by atoms with E-state index in [4.69, 9.17) is 0 Å². The first-order chi connectivity index (χ1) is 5.29. The molecule has 4 heteroatoms. The maximum Gasteiger partial charge on any atom is 0.346 e. The zero-order chi connectivity index (χ0) is 7.84. The Morgan fingerprint density at radius 2 is 1.33 bits per heavy atom. The maximum absolute atomic E-state index is 10.8. The van der Waals surface area contributed by atoms with E-state index in [1.807, 2.05) is 0 Å². The van der Waals surface area contributed by atoms with Gasteiger partial charge in [-0.2, -0.15) is 0 Å². The lowest BCUT2D eigenvalue weighted by Crippen LogP contribution is -1.96. The molecule has 0 radical (unpaired) electrons. The summed E-state index contributed by atoms with van der Waals surface area (Å²) in [6.45, 7) is 0. The summed E-state index contributed by atoms with van der Waals surface area (Å²) in [6, 6.07) is 6.53. The molecule has 0 N–H and O–H groups in total. The smallest absolute Gasteiger partial charge is 0.346 e. The van der Waals surface area contributed by atoms with Gasteiger partial charge in [0.15, 0.2) is 0 Å². The van der Waals surface area contributed by atoms with Gasteiger partial charge in [0.2, 0.25) is 0 Å². The van der Waals surface area contributed by atoms with Crippen LogP contribution in [0, 0.1) is 0 Å². The predicted octanol–water partition coefficient (Wildman–Crippen LogP) is 1.58. The third-order valence-corrected chi connectivity index (χ3v) is 1.55. The number of carbonyl (C=O) groups is 2. The lowest BCUT2D eigenvalue weighted by Gasteiger charge is -1.86. The second-order valence-electron chi connectivity index (χ2n) is 2.22. The van der Waals surface area contributed by atoms with Crippen LogP contribution in [0.15, 0.2) is 24.3 Å². The van der Waals surface area contributed by atoms with E-state index in [9.17, 15) is 9.59 Å². The van der Waals surface area contributed by atoms with E-state index in [1.54, 1.807) is 24.3 Å². The van der Waals surface area contributed by atoms with Crippen LogP contribution < -0.4 is 0 Å². The predicted molar refractivity (Wildman–Crippen MR) is 46.5 cm³/mol. The van der Waals surface area contributed by atoms with Crippen molar-refractivity contribution in [1.82, 2.24) is 0 Å². The standard InChI is InChI=1S/C8H4O3.BrH/c9-7-5-3-1-2-4-6(5)8(10)11-7;/h1-4H;1H. The fourth-order valence-electron chi connectivity index (χ4n) is 1.03. The largest absolute Gasteiger partial charge is 0.386 e. The van der Waals surface area contributed by atoms with E-state index in [2.05, 4.69) is 4.74 Å². The fraction of sp³-hybridized carbons (Fsp3) is 0. The van der Waals surface area contributed by atoms with Crippen LogP contribution >= 0.6 is 17.0 Å². The van der Waals surface area contributed by atoms with Gasteiger partial charge in [0, 0.05) is 0 Å². The Morgan fingerprint density at radius 3 is 1.75 bits per heavy atom. The van der Waals surface area contributed by atoms with Crippen molar-refractivity contribution in [3.8, 4) is 0 Å². The monoisotopic (exact) mass is 228 g/mol. The van der Waals surface area contributed by atoms with Gasteiger partial charge in [-0.25, -0.2) is 9.59 Å². The Labute approximate surface area is 79.1 Å². The number of rotatable bonds is 0. The zero-order valence-corrected chi connectivity index (χ0v) is 7.66. The fourth-order valence-corrected chi connectivity index (χ4v) is 1.03. The van der Waals surface area contributed by atoms with Gasteiger partial charge in [-0.15, -0.1) is 17.0 Å². The van der Waals surface area contributed by atoms with Crippen molar-refractivity contribution in [3.63, 3.8) is 0 Å². The average molecular weight is 229 g/mol. The van der Waals surface area contributed by atoms with Crippen molar-refractivity contribution in [1.29, 1.82) is 0 Å². The highest BCUT2D eigenvalue weighted by atomic mass is 79.9. The molecule has 0 bridgehead atoms. The number of hydrogen-bond acceptors (Lipinski definition) is 3. The SMILES string of the molecule is Br.O=C1OC(=O)c2ccccc21. The summed E-state index contributed by atoms with van der Waals surface area (Å²) in [5.74, 6) is -1.10. The summed E-state index contributed by atoms with van der Waals surface area (Å²) in [6.07, 6.45) is 0. The van der Waals surface area contributed by atoms with Gasteiger partial charge in [-0.1, -0.05) is 12.1 Å². The first-order valence-corrected chi connectivity index (χ1v) is 3.14. The Morgan fingerprint density at radius 1 is 0.917 bits per heavy atom. The minimum absolute atomic E-state index is 0. The molecule has 1 aromatic rings. The molecule has 12 heavy (non-hydrogen) atoms. The molecule has 0 unspecified atom stereocenters. The Balaban J connectivity index is 0.000000720. The van der Waals surface area contributed by atoms with Crippen LogP contribution in [0.5, 0.6) is 0 Å². The lowest BCUT2D eigenvalue weighted by molar-refractivity contribution is 0.0444. The van der Waals surface area contributed by atoms with E-state index < -0.39 is 11.9 Å². The first-order valence-electron chi connectivity index (χ1n) is 3.14. The minimum Gasteiger partial charge on any atom is -0.386 e. The molecule has 2 rings (SSSR count). The van der Waals surface area contributed by atoms with Crippen LogP contribution in [0.4, 0.5) is 0 Å². The molecule has 0 atom stereocenters. The highest BCUT2D eigenvalue weighted by molar-refractivity contribution is 8.93. The summed E-state index contributed by atoms with van der Waals surface area (Å²) >= 11 is 0. The molecule has 1 aromatic carbocycles. The van der Waals surface area contributed by atoms with Gasteiger partial charge < -0.3 is 4.74 Å². The number of esters is 2. The van der Waals surface area contributed by atoms with Crippen molar-refractivity contribution in [2.24, 2.45) is 0 Å². The van der Waals surface area contributed by atoms with Crippen molar-refractivity contribution in [2.45, 2.75) is 0 Å². The number of fused-ring (bicyclic) bond motifs is 1. The van der Waals surface area contributed by atoms with Crippen molar-refractivity contribution in [3.05, 3.63) is 35.4 Å². The molecule has 1 heterocycles. The molecule has 0 spiro atoms. The number of ether oxygens (including phenoxy) is 1. The number of carbonyl (C=O) groups excluding carboxylic acids is 2. The molecule has 1 aliphatic heterocycles. The quantitative estimate of drug-likeness (QED) is 0.501. The summed E-state index contributed by atoms with van der Waals surface area (Å²) in [4.78, 5) is 21.7. The number of halogens is 1. The molecular formula is C8H5BrO3. The lowest BCUT2D eigenvalue weighted by atomic mass is 10.1. The number of cyclic esters (lactones) is 2. The first kappa shape index (κ1) is 8.93. The molecule has 0 fully saturated rings. The summed E-state index contributed by atoms with van der Waals surface area (Å²) in [5.41, 5.74) is 0.718. The second kappa shape index (κ2) is 3.06. The summed E-state index contributed by atoms with van der Waals surface area (Å²) in [7, 11) is 0. The van der Waals surface area contributed by atoms with Gasteiger partial charge in [-0.3, -0.25) is 0 Å². The maximum atomic E-state index is 10.8. The number of hydrogen-bond donors (Lipinski definition) is 0. The summed E-state index contributed by atoms with van der Waals surface area (Å²) < 4.78 is 4.35. The van der Waals surface area contributed by atoms with Gasteiger partial charge in [0.25, 0.3) is 0 Å². The normalized spacial score (nSPS) is 13.3. The third kappa shape index (κ3) is 1.14. The molecule has 0 amide bonds. The minimum atomic E-state index is -0.550. The zero-order valence-electron chi connectivity index (χ0n) is 5.94. The molecule has 1 aliphatic rings. The van der Waals surface area contributed by atoms with E-state index in [0.29, 0.717) is 11.1 Å². The van der Waals surface area contributed by atoms with Gasteiger partial charge in [0.05, 0.1) is 11.1 Å². The summed E-state index contributed by atoms with van der Waals surface area (Å²) in [5, 5.41) is 0. The molecule has 0 aromatic heterocycles. The Bertz CT molecular complexity index is 313. The van der Waals surface area contributed by atoms with Crippen LogP contribution in [-0.2, 0) is 4.74 Å². The second-order valence-corrected chi connectivity index (χ2v) is 2.22.